The van der Waals surface area contributed by atoms with Crippen molar-refractivity contribution >= 4 is 17.8 Å². The zero-order chi connectivity index (χ0) is 21.4. The summed E-state index contributed by atoms with van der Waals surface area (Å²) in [6.45, 7) is 5.84. The van der Waals surface area contributed by atoms with Gasteiger partial charge in [0.05, 0.1) is 5.69 Å². The van der Waals surface area contributed by atoms with Crippen LogP contribution >= 0.6 is 0 Å². The van der Waals surface area contributed by atoms with Gasteiger partial charge in [-0.15, -0.1) is 0 Å². The van der Waals surface area contributed by atoms with Crippen LogP contribution in [0.15, 0.2) is 59.7 Å². The molecule has 29 heavy (non-hydrogen) atoms. The van der Waals surface area contributed by atoms with Gasteiger partial charge in [-0.05, 0) is 48.9 Å². The number of ether oxygens (including phenoxy) is 1. The highest BCUT2D eigenvalue weighted by atomic mass is 16.5. The molecule has 0 radical (unpaired) electrons. The Kier molecular flexibility index (Phi) is 7.48. The van der Waals surface area contributed by atoms with Crippen LogP contribution in [-0.4, -0.2) is 24.2 Å². The maximum Gasteiger partial charge on any atom is 0.248 e. The van der Waals surface area contributed by atoms with Crippen molar-refractivity contribution < 1.29 is 9.53 Å². The second kappa shape index (κ2) is 10.0. The third kappa shape index (κ3) is 5.42. The Balaban J connectivity index is 0.00000145. The monoisotopic (exact) mass is 390 g/mol. The minimum Gasteiger partial charge on any atom is -0.457 e. The van der Waals surface area contributed by atoms with Crippen LogP contribution in [0, 0.1) is 6.92 Å². The molecule has 0 atom stereocenters. The van der Waals surface area contributed by atoms with E-state index < -0.39 is 5.91 Å². The van der Waals surface area contributed by atoms with E-state index in [0.717, 1.165) is 22.4 Å². The number of carbonyl (C=O) groups is 1. The summed E-state index contributed by atoms with van der Waals surface area (Å²) in [7, 11) is 1.69. The molecule has 0 saturated heterocycles. The number of aromatic nitrogens is 1. The number of nitrogens with two attached hydrogens (primary N) is 2. The van der Waals surface area contributed by atoms with Gasteiger partial charge < -0.3 is 16.2 Å². The fourth-order valence-corrected chi connectivity index (χ4v) is 2.74. The molecule has 3 rings (SSSR count). The van der Waals surface area contributed by atoms with Gasteiger partial charge in [-0.2, -0.15) is 0 Å². The average molecular weight is 390 g/mol. The Morgan fingerprint density at radius 1 is 1.07 bits per heavy atom. The standard InChI is InChI=1S/C21H20N4O2.C2H6/c1-13-9-14(3-5-18(13)21(23)26)20-11-17(7-8-25-20)27-16-4-6-19(22)15(10-16)12-24-2;1-2/h3-12H,22H2,1-2H3,(H2,23,26);1-2H3. The summed E-state index contributed by atoms with van der Waals surface area (Å²) in [5.74, 6) is 0.844. The lowest BCUT2D eigenvalue weighted by Gasteiger charge is -2.10. The van der Waals surface area contributed by atoms with Crippen LogP contribution in [0.4, 0.5) is 5.69 Å². The maximum absolute atomic E-state index is 11.4. The minimum atomic E-state index is -0.445. The molecule has 150 valence electrons. The predicted octanol–water partition coefficient (Wildman–Crippen LogP) is 4.61. The Bertz CT molecular complexity index is 1030. The highest BCUT2D eigenvalue weighted by molar-refractivity contribution is 5.94. The van der Waals surface area contributed by atoms with Crippen molar-refractivity contribution in [3.8, 4) is 22.8 Å². The average Bonchev–Trinajstić information content (AvgIpc) is 2.72. The van der Waals surface area contributed by atoms with Gasteiger partial charge in [0.15, 0.2) is 0 Å². The number of nitrogen functional groups attached to an aromatic ring is 1. The van der Waals surface area contributed by atoms with E-state index in [9.17, 15) is 4.79 Å². The van der Waals surface area contributed by atoms with Crippen LogP contribution in [0.25, 0.3) is 11.3 Å². The third-order valence-corrected chi connectivity index (χ3v) is 4.08. The zero-order valence-electron chi connectivity index (χ0n) is 17.1. The molecular weight excluding hydrogens is 364 g/mol. The smallest absolute Gasteiger partial charge is 0.248 e. The Morgan fingerprint density at radius 3 is 2.45 bits per heavy atom. The molecule has 0 spiro atoms. The molecule has 2 aromatic carbocycles. The lowest BCUT2D eigenvalue weighted by atomic mass is 10.0. The fraction of sp³-hybridized carbons (Fsp3) is 0.174. The number of nitrogens with zero attached hydrogens (tertiary/aromatic N) is 2. The zero-order valence-corrected chi connectivity index (χ0v) is 17.1. The Labute approximate surface area is 171 Å². The molecule has 6 nitrogen and oxygen atoms in total. The molecule has 0 saturated carbocycles. The van der Waals surface area contributed by atoms with Crippen molar-refractivity contribution in [3.63, 3.8) is 0 Å². The van der Waals surface area contributed by atoms with E-state index in [0.29, 0.717) is 22.7 Å². The molecule has 1 amide bonds. The quantitative estimate of drug-likeness (QED) is 0.490. The summed E-state index contributed by atoms with van der Waals surface area (Å²) in [6, 6.07) is 14.4. The molecule has 0 aliphatic heterocycles. The molecule has 0 aliphatic rings. The van der Waals surface area contributed by atoms with Crippen molar-refractivity contribution in [1.29, 1.82) is 0 Å². The van der Waals surface area contributed by atoms with Gasteiger partial charge in [0.1, 0.15) is 11.5 Å². The summed E-state index contributed by atoms with van der Waals surface area (Å²) in [4.78, 5) is 19.8. The van der Waals surface area contributed by atoms with E-state index in [1.165, 1.54) is 0 Å². The first-order valence-corrected chi connectivity index (χ1v) is 9.34. The van der Waals surface area contributed by atoms with Crippen LogP contribution in [-0.2, 0) is 0 Å². The van der Waals surface area contributed by atoms with Crippen molar-refractivity contribution in [3.05, 3.63) is 71.4 Å². The normalized spacial score (nSPS) is 10.3. The Morgan fingerprint density at radius 2 is 1.79 bits per heavy atom. The first-order valence-electron chi connectivity index (χ1n) is 9.34. The van der Waals surface area contributed by atoms with Crippen molar-refractivity contribution in [2.45, 2.75) is 20.8 Å². The minimum absolute atomic E-state index is 0.445. The van der Waals surface area contributed by atoms with Gasteiger partial charge in [0, 0.05) is 47.9 Å². The first kappa shape index (κ1) is 21.6. The van der Waals surface area contributed by atoms with Crippen LogP contribution in [0.5, 0.6) is 11.5 Å². The van der Waals surface area contributed by atoms with E-state index in [1.54, 1.807) is 43.7 Å². The summed E-state index contributed by atoms with van der Waals surface area (Å²) in [6.07, 6.45) is 3.36. The SMILES string of the molecule is CC.CN=Cc1cc(Oc2ccnc(-c3ccc(C(N)=O)c(C)c3)c2)ccc1N. The molecule has 0 bridgehead atoms. The molecule has 1 aromatic heterocycles. The molecule has 0 fully saturated rings. The number of benzene rings is 2. The van der Waals surface area contributed by atoms with E-state index in [-0.39, 0.29) is 0 Å². The molecule has 1 heterocycles. The van der Waals surface area contributed by atoms with E-state index in [1.807, 2.05) is 45.0 Å². The number of rotatable bonds is 5. The first-order chi connectivity index (χ1) is 14.0. The number of carbonyl (C=O) groups excluding carboxylic acids is 1. The maximum atomic E-state index is 11.4. The van der Waals surface area contributed by atoms with Crippen LogP contribution in [0.3, 0.4) is 0 Å². The number of amides is 1. The molecule has 3 aromatic rings. The topological polar surface area (TPSA) is 104 Å². The summed E-state index contributed by atoms with van der Waals surface area (Å²) < 4.78 is 5.94. The number of aryl methyl sites for hydroxylation is 1. The lowest BCUT2D eigenvalue weighted by molar-refractivity contribution is 0.0999. The van der Waals surface area contributed by atoms with Gasteiger partial charge in [0.2, 0.25) is 5.91 Å². The predicted molar refractivity (Wildman–Crippen MR) is 119 cm³/mol. The van der Waals surface area contributed by atoms with Crippen molar-refractivity contribution in [2.75, 3.05) is 12.8 Å². The van der Waals surface area contributed by atoms with Crippen molar-refractivity contribution in [2.24, 2.45) is 10.7 Å². The number of anilines is 1. The number of primary amides is 1. The van der Waals surface area contributed by atoms with E-state index >= 15 is 0 Å². The van der Waals surface area contributed by atoms with Crippen LogP contribution in [0.2, 0.25) is 0 Å². The molecule has 0 unspecified atom stereocenters. The third-order valence-electron chi connectivity index (χ3n) is 4.08. The highest BCUT2D eigenvalue weighted by Gasteiger charge is 2.09. The van der Waals surface area contributed by atoms with Crippen molar-refractivity contribution in [1.82, 2.24) is 4.98 Å². The summed E-state index contributed by atoms with van der Waals surface area (Å²) in [5.41, 5.74) is 15.6. The lowest BCUT2D eigenvalue weighted by Crippen LogP contribution is -2.12. The van der Waals surface area contributed by atoms with Gasteiger partial charge in [-0.3, -0.25) is 14.8 Å². The second-order valence-corrected chi connectivity index (χ2v) is 6.05. The van der Waals surface area contributed by atoms with Gasteiger partial charge >= 0.3 is 0 Å². The Hall–Kier alpha value is -3.67. The number of hydrogen-bond donors (Lipinski definition) is 2. The fourth-order valence-electron chi connectivity index (χ4n) is 2.74. The molecule has 6 heteroatoms. The van der Waals surface area contributed by atoms with E-state index in [4.69, 9.17) is 16.2 Å². The van der Waals surface area contributed by atoms with Crippen LogP contribution < -0.4 is 16.2 Å². The molecular formula is C23H26N4O2. The second-order valence-electron chi connectivity index (χ2n) is 6.05. The van der Waals surface area contributed by atoms with Gasteiger partial charge in [0.25, 0.3) is 0 Å². The number of aliphatic imine (C=N–C) groups is 1. The summed E-state index contributed by atoms with van der Waals surface area (Å²) in [5, 5.41) is 0. The van der Waals surface area contributed by atoms with Gasteiger partial charge in [-0.25, -0.2) is 0 Å². The van der Waals surface area contributed by atoms with E-state index in [2.05, 4.69) is 9.98 Å². The molecule has 0 aliphatic carbocycles. The number of pyridine rings is 1. The highest BCUT2D eigenvalue weighted by Crippen LogP contribution is 2.28. The molecule has 4 N–H and O–H groups in total. The largest absolute Gasteiger partial charge is 0.457 e. The number of hydrogen-bond acceptors (Lipinski definition) is 5. The van der Waals surface area contributed by atoms with Crippen LogP contribution in [0.1, 0.15) is 35.3 Å². The summed E-state index contributed by atoms with van der Waals surface area (Å²) >= 11 is 0. The van der Waals surface area contributed by atoms with Gasteiger partial charge in [-0.1, -0.05) is 19.9 Å².